The zero-order valence-electron chi connectivity index (χ0n) is 21.3. The van der Waals surface area contributed by atoms with Crippen LogP contribution in [0.25, 0.3) is 0 Å². The molecule has 2 aliphatic carbocycles. The Balaban J connectivity index is 2.21. The molecule has 0 bridgehead atoms. The Morgan fingerprint density at radius 3 is 2.82 bits per heavy atom. The van der Waals surface area contributed by atoms with Gasteiger partial charge in [0, 0.05) is 25.4 Å². The summed E-state index contributed by atoms with van der Waals surface area (Å²) in [6, 6.07) is 0.0978. The highest BCUT2D eigenvalue weighted by Gasteiger charge is 2.26. The van der Waals surface area contributed by atoms with Gasteiger partial charge in [-0.2, -0.15) is 0 Å². The normalized spacial score (nSPS) is 24.8. The molecule has 2 aliphatic rings. The minimum Gasteiger partial charge on any atom is -0.446 e. The molecule has 0 aromatic carbocycles. The smallest absolute Gasteiger partial charge is 0.407 e. The first-order valence-electron chi connectivity index (χ1n) is 12.6. The van der Waals surface area contributed by atoms with E-state index in [1.54, 1.807) is 0 Å². The van der Waals surface area contributed by atoms with Crippen LogP contribution in [0.2, 0.25) is 0 Å². The number of carbonyl (C=O) groups excluding carboxylic acids is 1. The number of unbranched alkanes of at least 4 members (excludes halogenated alkanes) is 1. The van der Waals surface area contributed by atoms with Crippen molar-refractivity contribution < 1.29 is 9.53 Å². The van der Waals surface area contributed by atoms with Crippen LogP contribution in [0, 0.1) is 5.41 Å². The minimum atomic E-state index is -0.346. The Kier molecular flexibility index (Phi) is 10.9. The van der Waals surface area contributed by atoms with Crippen LogP contribution in [0.5, 0.6) is 0 Å². The molecule has 0 radical (unpaired) electrons. The third-order valence-corrected chi connectivity index (χ3v) is 6.57. The Bertz CT molecular complexity index is 842. The summed E-state index contributed by atoms with van der Waals surface area (Å²) in [4.78, 5) is 12.9. The molecule has 0 spiro atoms. The van der Waals surface area contributed by atoms with Crippen molar-refractivity contribution in [1.82, 2.24) is 5.32 Å². The van der Waals surface area contributed by atoms with Gasteiger partial charge in [0.15, 0.2) is 0 Å². The minimum absolute atomic E-state index is 0.0371. The fourth-order valence-electron chi connectivity index (χ4n) is 4.36. The van der Waals surface area contributed by atoms with Crippen LogP contribution in [0.1, 0.15) is 79.6 Å². The number of amides is 1. The molecular weight excluding hydrogens is 408 g/mol. The van der Waals surface area contributed by atoms with Crippen LogP contribution in [0.4, 0.5) is 4.79 Å². The number of hydrogen-bond donors (Lipinski definition) is 2. The summed E-state index contributed by atoms with van der Waals surface area (Å²) < 4.78 is 6.03. The molecule has 4 nitrogen and oxygen atoms in total. The van der Waals surface area contributed by atoms with E-state index in [-0.39, 0.29) is 23.7 Å². The van der Waals surface area contributed by atoms with Crippen LogP contribution < -0.4 is 11.1 Å². The lowest BCUT2D eigenvalue weighted by atomic mass is 9.81. The molecule has 0 saturated heterocycles. The van der Waals surface area contributed by atoms with Crippen LogP contribution >= 0.6 is 0 Å². The number of nitrogens with two attached hydrogens (primary N) is 1. The number of carbonyl (C=O) groups is 1. The summed E-state index contributed by atoms with van der Waals surface area (Å²) in [6.07, 6.45) is 23.2. The molecule has 0 aromatic rings. The number of rotatable bonds is 9. The number of ether oxygens (including phenoxy) is 1. The molecule has 182 valence electrons. The van der Waals surface area contributed by atoms with Crippen molar-refractivity contribution >= 4 is 6.09 Å². The molecule has 2 rings (SSSR count). The van der Waals surface area contributed by atoms with E-state index in [0.717, 1.165) is 32.1 Å². The number of fused-ring (bicyclic) bond motifs is 1. The average Bonchev–Trinajstić information content (AvgIpc) is 2.96. The second-order valence-corrected chi connectivity index (χ2v) is 9.88. The number of allylic oxidation sites excluding steroid dienone is 10. The third-order valence-electron chi connectivity index (χ3n) is 6.57. The van der Waals surface area contributed by atoms with Gasteiger partial charge in [-0.25, -0.2) is 4.79 Å². The van der Waals surface area contributed by atoms with Gasteiger partial charge in [-0.3, -0.25) is 0 Å². The van der Waals surface area contributed by atoms with Crippen molar-refractivity contribution in [3.63, 3.8) is 0 Å². The monoisotopic (exact) mass is 452 g/mol. The first-order valence-corrected chi connectivity index (χ1v) is 12.6. The van der Waals surface area contributed by atoms with E-state index in [4.69, 9.17) is 10.5 Å². The SMILES string of the molecule is CCC\C=C/C1=C(C)/C=C\C2=CCC=CC=C2CC(OC(=O)NCC(C)(CC)CC(C)N)C1. The van der Waals surface area contributed by atoms with Crippen molar-refractivity contribution in [2.45, 2.75) is 91.7 Å². The summed E-state index contributed by atoms with van der Waals surface area (Å²) in [5.41, 5.74) is 10.9. The van der Waals surface area contributed by atoms with Crippen molar-refractivity contribution in [1.29, 1.82) is 0 Å². The first kappa shape index (κ1) is 26.9. The fourth-order valence-corrected chi connectivity index (χ4v) is 4.36. The molecule has 4 heteroatoms. The average molecular weight is 453 g/mol. The molecule has 1 amide bonds. The van der Waals surface area contributed by atoms with Gasteiger partial charge in [0.05, 0.1) is 0 Å². The predicted octanol–water partition coefficient (Wildman–Crippen LogP) is 7.07. The van der Waals surface area contributed by atoms with Crippen LogP contribution in [0.3, 0.4) is 0 Å². The van der Waals surface area contributed by atoms with Gasteiger partial charge in [-0.05, 0) is 67.2 Å². The van der Waals surface area contributed by atoms with Gasteiger partial charge >= 0.3 is 6.09 Å². The summed E-state index contributed by atoms with van der Waals surface area (Å²) in [6.45, 7) is 11.2. The zero-order valence-corrected chi connectivity index (χ0v) is 21.3. The van der Waals surface area contributed by atoms with E-state index in [0.29, 0.717) is 19.4 Å². The Morgan fingerprint density at radius 1 is 1.33 bits per heavy atom. The molecule has 0 aromatic heterocycles. The van der Waals surface area contributed by atoms with E-state index in [1.807, 2.05) is 6.92 Å². The summed E-state index contributed by atoms with van der Waals surface area (Å²) in [5, 5.41) is 3.03. The Morgan fingerprint density at radius 2 is 2.12 bits per heavy atom. The second-order valence-electron chi connectivity index (χ2n) is 9.88. The lowest BCUT2D eigenvalue weighted by molar-refractivity contribution is 0.0932. The first-order chi connectivity index (χ1) is 15.8. The van der Waals surface area contributed by atoms with Gasteiger partial charge in [-0.15, -0.1) is 0 Å². The maximum absolute atomic E-state index is 12.9. The molecule has 0 heterocycles. The van der Waals surface area contributed by atoms with Crippen LogP contribution in [-0.2, 0) is 4.74 Å². The topological polar surface area (TPSA) is 64.3 Å². The quantitative estimate of drug-likeness (QED) is 0.393. The van der Waals surface area contributed by atoms with Crippen molar-refractivity contribution in [2.24, 2.45) is 11.1 Å². The van der Waals surface area contributed by atoms with E-state index >= 15 is 0 Å². The van der Waals surface area contributed by atoms with E-state index in [1.165, 1.54) is 22.3 Å². The highest BCUT2D eigenvalue weighted by molar-refractivity contribution is 5.67. The van der Waals surface area contributed by atoms with Gasteiger partial charge < -0.3 is 15.8 Å². The van der Waals surface area contributed by atoms with Gasteiger partial charge in [0.2, 0.25) is 0 Å². The van der Waals surface area contributed by atoms with E-state index < -0.39 is 0 Å². The van der Waals surface area contributed by atoms with Gasteiger partial charge in [0.1, 0.15) is 6.10 Å². The maximum Gasteiger partial charge on any atom is 0.407 e. The number of alkyl carbamates (subject to hydrolysis) is 1. The molecular formula is C29H44N2O2. The number of nitrogens with one attached hydrogen (secondary N) is 1. The summed E-state index contributed by atoms with van der Waals surface area (Å²) in [5.74, 6) is 0. The molecule has 0 aliphatic heterocycles. The van der Waals surface area contributed by atoms with Crippen LogP contribution in [-0.4, -0.2) is 24.8 Å². The molecule has 33 heavy (non-hydrogen) atoms. The van der Waals surface area contributed by atoms with Crippen molar-refractivity contribution in [3.05, 3.63) is 70.9 Å². The second kappa shape index (κ2) is 13.4. The lowest BCUT2D eigenvalue weighted by Gasteiger charge is -2.30. The zero-order chi connectivity index (χ0) is 24.3. The van der Waals surface area contributed by atoms with Gasteiger partial charge in [-0.1, -0.05) is 75.8 Å². The fraction of sp³-hybridized carbons (Fsp3) is 0.552. The third kappa shape index (κ3) is 9.21. The predicted molar refractivity (Wildman–Crippen MR) is 140 cm³/mol. The summed E-state index contributed by atoms with van der Waals surface area (Å²) >= 11 is 0. The van der Waals surface area contributed by atoms with Crippen molar-refractivity contribution in [3.8, 4) is 0 Å². The lowest BCUT2D eigenvalue weighted by Crippen LogP contribution is -2.40. The van der Waals surface area contributed by atoms with Crippen molar-refractivity contribution in [2.75, 3.05) is 6.54 Å². The Labute approximate surface area is 201 Å². The van der Waals surface area contributed by atoms with Gasteiger partial charge in [0.25, 0.3) is 0 Å². The molecule has 3 N–H and O–H groups in total. The molecule has 3 unspecified atom stereocenters. The number of hydrogen-bond acceptors (Lipinski definition) is 3. The largest absolute Gasteiger partial charge is 0.446 e. The molecule has 0 fully saturated rings. The molecule has 3 atom stereocenters. The highest BCUT2D eigenvalue weighted by Crippen LogP contribution is 2.30. The van der Waals surface area contributed by atoms with E-state index in [2.05, 4.69) is 81.6 Å². The maximum atomic E-state index is 12.9. The highest BCUT2D eigenvalue weighted by atomic mass is 16.6. The summed E-state index contributed by atoms with van der Waals surface area (Å²) in [7, 11) is 0. The Hall–Kier alpha value is -2.33. The molecule has 0 saturated carbocycles. The van der Waals surface area contributed by atoms with Crippen LogP contribution in [0.15, 0.2) is 70.9 Å². The standard InChI is InChI=1S/C29H44N2O2/c1-6-8-10-14-25-18-27(33-28(32)31-21-29(5,7-2)20-23(4)30)19-26-15-12-9-11-13-24(26)17-16-22(25)3/h9-10,12-17,23,27H,6-8,11,18-21,30H2,1-5H3,(H,31,32)/b14-10-,17-16-,25-22-. The van der Waals surface area contributed by atoms with E-state index in [9.17, 15) is 4.79 Å².